The Bertz CT molecular complexity index is 110. The van der Waals surface area contributed by atoms with Crippen LogP contribution in [-0.4, -0.2) is 27.3 Å². The predicted octanol–water partition coefficient (Wildman–Crippen LogP) is 1.41. The third-order valence-corrected chi connectivity index (χ3v) is 2.56. The van der Waals surface area contributed by atoms with Gasteiger partial charge in [-0.3, -0.25) is 0 Å². The predicted molar refractivity (Wildman–Crippen MR) is 46.7 cm³/mol. The highest BCUT2D eigenvalue weighted by Gasteiger charge is 2.40. The Kier molecular flexibility index (Phi) is 3.34. The maximum absolute atomic E-state index is 5.02. The molecule has 0 spiro atoms. The van der Waals surface area contributed by atoms with Gasteiger partial charge in [0.15, 0.2) is 0 Å². The van der Waals surface area contributed by atoms with E-state index in [-0.39, 0.29) is 0 Å². The SMILES string of the molecule is CNCC1(CCCOC)CC1. The zero-order chi connectivity index (χ0) is 8.16. The van der Waals surface area contributed by atoms with E-state index in [1.54, 1.807) is 7.11 Å². The van der Waals surface area contributed by atoms with Crippen LogP contribution in [0.2, 0.25) is 0 Å². The highest BCUT2D eigenvalue weighted by molar-refractivity contribution is 4.94. The van der Waals surface area contributed by atoms with E-state index in [0.717, 1.165) is 6.61 Å². The van der Waals surface area contributed by atoms with Gasteiger partial charge in [0, 0.05) is 20.3 Å². The van der Waals surface area contributed by atoms with Crippen molar-refractivity contribution in [3.8, 4) is 0 Å². The maximum atomic E-state index is 5.02. The van der Waals surface area contributed by atoms with Crippen molar-refractivity contribution >= 4 is 0 Å². The van der Waals surface area contributed by atoms with Gasteiger partial charge in [-0.1, -0.05) is 0 Å². The molecule has 1 aliphatic rings. The second kappa shape index (κ2) is 4.07. The van der Waals surface area contributed by atoms with Gasteiger partial charge in [-0.05, 0) is 38.1 Å². The van der Waals surface area contributed by atoms with E-state index in [1.807, 2.05) is 7.05 Å². The maximum Gasteiger partial charge on any atom is 0.0462 e. The Hall–Kier alpha value is -0.0800. The first kappa shape index (κ1) is 9.01. The van der Waals surface area contributed by atoms with E-state index in [2.05, 4.69) is 5.32 Å². The fourth-order valence-electron chi connectivity index (χ4n) is 1.66. The molecule has 1 rings (SSSR count). The van der Waals surface area contributed by atoms with E-state index in [9.17, 15) is 0 Å². The van der Waals surface area contributed by atoms with Crippen LogP contribution in [0.15, 0.2) is 0 Å². The van der Waals surface area contributed by atoms with E-state index in [0.29, 0.717) is 5.41 Å². The summed E-state index contributed by atoms with van der Waals surface area (Å²) in [7, 11) is 3.81. The van der Waals surface area contributed by atoms with Crippen LogP contribution in [0.5, 0.6) is 0 Å². The van der Waals surface area contributed by atoms with Crippen molar-refractivity contribution in [3.63, 3.8) is 0 Å². The van der Waals surface area contributed by atoms with Crippen molar-refractivity contribution in [2.45, 2.75) is 25.7 Å². The zero-order valence-electron chi connectivity index (χ0n) is 7.65. The molecule has 1 fully saturated rings. The summed E-state index contributed by atoms with van der Waals surface area (Å²) in [6.07, 6.45) is 5.38. The fourth-order valence-corrected chi connectivity index (χ4v) is 1.66. The summed E-state index contributed by atoms with van der Waals surface area (Å²) in [5, 5.41) is 3.26. The minimum Gasteiger partial charge on any atom is -0.385 e. The van der Waals surface area contributed by atoms with Gasteiger partial charge in [-0.2, -0.15) is 0 Å². The number of hydrogen-bond donors (Lipinski definition) is 1. The first-order valence-corrected chi connectivity index (χ1v) is 4.46. The average molecular weight is 157 g/mol. The molecule has 0 heterocycles. The molecule has 66 valence electrons. The first-order chi connectivity index (χ1) is 5.33. The Labute approximate surface area is 69.3 Å². The molecule has 0 bridgehead atoms. The van der Waals surface area contributed by atoms with Gasteiger partial charge >= 0.3 is 0 Å². The van der Waals surface area contributed by atoms with Gasteiger partial charge in [0.25, 0.3) is 0 Å². The van der Waals surface area contributed by atoms with Gasteiger partial charge in [-0.15, -0.1) is 0 Å². The summed E-state index contributed by atoms with van der Waals surface area (Å²) in [6, 6.07) is 0. The molecule has 0 atom stereocenters. The number of hydrogen-bond acceptors (Lipinski definition) is 2. The largest absolute Gasteiger partial charge is 0.385 e. The lowest BCUT2D eigenvalue weighted by Crippen LogP contribution is -2.20. The smallest absolute Gasteiger partial charge is 0.0462 e. The second-order valence-corrected chi connectivity index (χ2v) is 3.63. The normalized spacial score (nSPS) is 20.2. The van der Waals surface area contributed by atoms with Crippen molar-refractivity contribution in [2.75, 3.05) is 27.3 Å². The molecule has 0 radical (unpaired) electrons. The summed E-state index contributed by atoms with van der Waals surface area (Å²) in [5.74, 6) is 0. The lowest BCUT2D eigenvalue weighted by molar-refractivity contribution is 0.184. The minimum absolute atomic E-state index is 0.660. The molecule has 0 aromatic carbocycles. The molecule has 1 N–H and O–H groups in total. The quantitative estimate of drug-likeness (QED) is 0.589. The molecule has 2 heteroatoms. The third-order valence-electron chi connectivity index (χ3n) is 2.56. The molecule has 0 aromatic heterocycles. The Morgan fingerprint density at radius 3 is 2.64 bits per heavy atom. The van der Waals surface area contributed by atoms with Crippen molar-refractivity contribution < 1.29 is 4.74 Å². The molecule has 1 saturated carbocycles. The van der Waals surface area contributed by atoms with E-state index >= 15 is 0 Å². The molecule has 2 nitrogen and oxygen atoms in total. The van der Waals surface area contributed by atoms with Crippen LogP contribution in [0.3, 0.4) is 0 Å². The highest BCUT2D eigenvalue weighted by atomic mass is 16.5. The van der Waals surface area contributed by atoms with Crippen LogP contribution in [-0.2, 0) is 4.74 Å². The fraction of sp³-hybridized carbons (Fsp3) is 1.00. The Balaban J connectivity index is 2.04. The van der Waals surface area contributed by atoms with Crippen molar-refractivity contribution in [2.24, 2.45) is 5.41 Å². The van der Waals surface area contributed by atoms with Crippen molar-refractivity contribution in [1.29, 1.82) is 0 Å². The Morgan fingerprint density at radius 2 is 2.18 bits per heavy atom. The summed E-state index contributed by atoms with van der Waals surface area (Å²) in [5.41, 5.74) is 0.660. The summed E-state index contributed by atoms with van der Waals surface area (Å²) in [6.45, 7) is 2.11. The number of nitrogens with one attached hydrogen (secondary N) is 1. The lowest BCUT2D eigenvalue weighted by Gasteiger charge is -2.13. The van der Waals surface area contributed by atoms with Crippen LogP contribution in [0.1, 0.15) is 25.7 Å². The zero-order valence-corrected chi connectivity index (χ0v) is 7.65. The van der Waals surface area contributed by atoms with Gasteiger partial charge < -0.3 is 10.1 Å². The van der Waals surface area contributed by atoms with Crippen LogP contribution in [0.4, 0.5) is 0 Å². The number of methoxy groups -OCH3 is 1. The lowest BCUT2D eigenvalue weighted by atomic mass is 10.0. The topological polar surface area (TPSA) is 21.3 Å². The molecule has 0 unspecified atom stereocenters. The van der Waals surface area contributed by atoms with E-state index in [1.165, 1.54) is 32.2 Å². The molecule has 0 saturated heterocycles. The summed E-state index contributed by atoms with van der Waals surface area (Å²) in [4.78, 5) is 0. The monoisotopic (exact) mass is 157 g/mol. The molecular weight excluding hydrogens is 138 g/mol. The molecule has 0 aromatic rings. The van der Waals surface area contributed by atoms with Crippen LogP contribution >= 0.6 is 0 Å². The molecule has 0 amide bonds. The Morgan fingerprint density at radius 1 is 1.45 bits per heavy atom. The van der Waals surface area contributed by atoms with Gasteiger partial charge in [-0.25, -0.2) is 0 Å². The van der Waals surface area contributed by atoms with Gasteiger partial charge in [0.1, 0.15) is 0 Å². The number of rotatable bonds is 6. The second-order valence-electron chi connectivity index (χ2n) is 3.63. The molecule has 0 aliphatic heterocycles. The van der Waals surface area contributed by atoms with Gasteiger partial charge in [0.2, 0.25) is 0 Å². The van der Waals surface area contributed by atoms with Crippen molar-refractivity contribution in [1.82, 2.24) is 5.32 Å². The van der Waals surface area contributed by atoms with E-state index < -0.39 is 0 Å². The summed E-state index contributed by atoms with van der Waals surface area (Å²) < 4.78 is 5.02. The first-order valence-electron chi connectivity index (χ1n) is 4.46. The molecule has 1 aliphatic carbocycles. The molecular formula is C9H19NO. The summed E-state index contributed by atoms with van der Waals surface area (Å²) >= 11 is 0. The highest BCUT2D eigenvalue weighted by Crippen LogP contribution is 2.48. The number of ether oxygens (including phenoxy) is 1. The standard InChI is InChI=1S/C9H19NO/c1-10-8-9(5-6-9)4-3-7-11-2/h10H,3-8H2,1-2H3. The minimum atomic E-state index is 0.660. The van der Waals surface area contributed by atoms with Crippen molar-refractivity contribution in [3.05, 3.63) is 0 Å². The van der Waals surface area contributed by atoms with Crippen LogP contribution in [0, 0.1) is 5.41 Å². The third kappa shape index (κ3) is 2.80. The van der Waals surface area contributed by atoms with Crippen LogP contribution < -0.4 is 5.32 Å². The average Bonchev–Trinajstić information content (AvgIpc) is 2.71. The van der Waals surface area contributed by atoms with E-state index in [4.69, 9.17) is 4.74 Å². The molecule has 11 heavy (non-hydrogen) atoms. The van der Waals surface area contributed by atoms with Gasteiger partial charge in [0.05, 0.1) is 0 Å². The van der Waals surface area contributed by atoms with Crippen LogP contribution in [0.25, 0.3) is 0 Å².